The van der Waals surface area contributed by atoms with Gasteiger partial charge in [-0.15, -0.1) is 0 Å². The van der Waals surface area contributed by atoms with Gasteiger partial charge in [-0.25, -0.2) is 9.37 Å². The summed E-state index contributed by atoms with van der Waals surface area (Å²) in [6, 6.07) is 6.47. The lowest BCUT2D eigenvalue weighted by Gasteiger charge is -2.36. The van der Waals surface area contributed by atoms with Crippen molar-refractivity contribution in [1.29, 1.82) is 0 Å². The number of rotatable bonds is 4. The van der Waals surface area contributed by atoms with E-state index in [1.165, 1.54) is 4.90 Å². The summed E-state index contributed by atoms with van der Waals surface area (Å²) in [6.07, 6.45) is 1.18. The van der Waals surface area contributed by atoms with Crippen LogP contribution in [0.1, 0.15) is 15.9 Å². The quantitative estimate of drug-likeness (QED) is 0.713. The molecule has 1 fully saturated rings. The van der Waals surface area contributed by atoms with Gasteiger partial charge in [0.1, 0.15) is 5.15 Å². The van der Waals surface area contributed by atoms with Crippen LogP contribution in [0.5, 0.6) is 0 Å². The van der Waals surface area contributed by atoms with Gasteiger partial charge in [0.15, 0.2) is 5.82 Å². The molecule has 0 spiro atoms. The number of carbonyl (C=O) groups excluding carboxylic acids is 2. The second-order valence-corrected chi connectivity index (χ2v) is 7.75. The molecular formula is C19H18Cl3FN4O2. The lowest BCUT2D eigenvalue weighted by Crippen LogP contribution is -2.54. The van der Waals surface area contributed by atoms with Gasteiger partial charge in [-0.1, -0.05) is 53.0 Å². The Morgan fingerprint density at radius 3 is 2.38 bits per heavy atom. The molecule has 10 heteroatoms. The molecule has 1 unspecified atom stereocenters. The van der Waals surface area contributed by atoms with Crippen molar-refractivity contribution in [3.8, 4) is 0 Å². The van der Waals surface area contributed by atoms with E-state index in [1.807, 2.05) is 18.2 Å². The molecule has 3 rings (SSSR count). The number of piperazine rings is 1. The third-order valence-electron chi connectivity index (χ3n) is 4.73. The maximum Gasteiger partial charge on any atom is 0.258 e. The van der Waals surface area contributed by atoms with Crippen LogP contribution in [0, 0.1) is 5.82 Å². The van der Waals surface area contributed by atoms with Crippen LogP contribution in [0.2, 0.25) is 15.2 Å². The highest BCUT2D eigenvalue weighted by molar-refractivity contribution is 6.39. The predicted octanol–water partition coefficient (Wildman–Crippen LogP) is 3.04. The molecule has 2 amide bonds. The van der Waals surface area contributed by atoms with Gasteiger partial charge in [0, 0.05) is 31.2 Å². The van der Waals surface area contributed by atoms with Gasteiger partial charge >= 0.3 is 0 Å². The van der Waals surface area contributed by atoms with Crippen LogP contribution in [0.25, 0.3) is 0 Å². The van der Waals surface area contributed by atoms with Crippen LogP contribution < -0.4 is 5.73 Å². The molecule has 1 aliphatic heterocycles. The zero-order chi connectivity index (χ0) is 21.1. The van der Waals surface area contributed by atoms with Crippen molar-refractivity contribution < 1.29 is 14.0 Å². The summed E-state index contributed by atoms with van der Waals surface area (Å²) in [6.45, 7) is 1.07. The lowest BCUT2D eigenvalue weighted by molar-refractivity contribution is -0.134. The molecule has 0 bridgehead atoms. The number of nitrogens with two attached hydrogens (primary N) is 1. The smallest absolute Gasteiger partial charge is 0.258 e. The Morgan fingerprint density at radius 1 is 1.10 bits per heavy atom. The largest absolute Gasteiger partial charge is 0.338 e. The molecule has 1 atom stereocenters. The molecule has 2 heterocycles. The predicted molar refractivity (Wildman–Crippen MR) is 110 cm³/mol. The van der Waals surface area contributed by atoms with Crippen molar-refractivity contribution in [1.82, 2.24) is 14.8 Å². The summed E-state index contributed by atoms with van der Waals surface area (Å²) in [4.78, 5) is 32.0. The van der Waals surface area contributed by atoms with Crippen LogP contribution in [-0.2, 0) is 11.2 Å². The maximum atomic E-state index is 13.7. The van der Waals surface area contributed by atoms with E-state index in [-0.39, 0.29) is 34.7 Å². The summed E-state index contributed by atoms with van der Waals surface area (Å²) in [5.74, 6) is -1.57. The van der Waals surface area contributed by atoms with E-state index in [0.29, 0.717) is 24.5 Å². The van der Waals surface area contributed by atoms with Crippen molar-refractivity contribution in [2.75, 3.05) is 26.2 Å². The molecule has 29 heavy (non-hydrogen) atoms. The molecule has 0 aliphatic carbocycles. The number of aromatic nitrogens is 1. The number of benzene rings is 1. The van der Waals surface area contributed by atoms with Crippen molar-refractivity contribution in [3.05, 3.63) is 62.6 Å². The zero-order valence-electron chi connectivity index (χ0n) is 15.2. The SMILES string of the molecule is NC(Cc1ccccc1Cl)C(=O)N1CCN(C(=O)c2c(Cl)ncc(F)c2Cl)CC1. The minimum absolute atomic E-state index is 0.165. The third kappa shape index (κ3) is 4.80. The minimum Gasteiger partial charge on any atom is -0.338 e. The summed E-state index contributed by atoms with van der Waals surface area (Å²) in [7, 11) is 0. The molecular weight excluding hydrogens is 442 g/mol. The molecule has 1 aromatic carbocycles. The average Bonchev–Trinajstić information content (AvgIpc) is 2.72. The van der Waals surface area contributed by atoms with Gasteiger partial charge in [-0.05, 0) is 18.1 Å². The van der Waals surface area contributed by atoms with Gasteiger partial charge in [-0.2, -0.15) is 0 Å². The Balaban J connectivity index is 1.61. The fourth-order valence-corrected chi connectivity index (χ4v) is 3.84. The highest BCUT2D eigenvalue weighted by Gasteiger charge is 2.30. The number of amides is 2. The topological polar surface area (TPSA) is 79.5 Å². The molecule has 154 valence electrons. The van der Waals surface area contributed by atoms with E-state index < -0.39 is 17.8 Å². The zero-order valence-corrected chi connectivity index (χ0v) is 17.5. The van der Waals surface area contributed by atoms with E-state index in [4.69, 9.17) is 40.5 Å². The van der Waals surface area contributed by atoms with E-state index in [0.717, 1.165) is 11.8 Å². The van der Waals surface area contributed by atoms with Crippen LogP contribution in [0.4, 0.5) is 4.39 Å². The van der Waals surface area contributed by atoms with Gasteiger partial charge in [0.25, 0.3) is 5.91 Å². The fourth-order valence-electron chi connectivity index (χ4n) is 3.14. The standard InChI is InChI=1S/C19H18Cl3FN4O2/c20-12-4-2-1-3-11(12)9-14(24)18(28)26-5-7-27(8-6-26)19(29)15-16(21)13(23)10-25-17(15)22/h1-4,10,14H,5-9,24H2. The monoisotopic (exact) mass is 458 g/mol. The summed E-state index contributed by atoms with van der Waals surface area (Å²) >= 11 is 17.9. The first-order valence-corrected chi connectivity index (χ1v) is 9.99. The van der Waals surface area contributed by atoms with Crippen molar-refractivity contribution in [3.63, 3.8) is 0 Å². The third-order valence-corrected chi connectivity index (χ3v) is 5.76. The molecule has 1 aliphatic rings. The number of nitrogens with zero attached hydrogens (tertiary/aromatic N) is 3. The first kappa shape index (κ1) is 21.8. The fraction of sp³-hybridized carbons (Fsp3) is 0.316. The van der Waals surface area contributed by atoms with Crippen molar-refractivity contribution in [2.45, 2.75) is 12.5 Å². The van der Waals surface area contributed by atoms with E-state index >= 15 is 0 Å². The number of hydrogen-bond donors (Lipinski definition) is 1. The van der Waals surface area contributed by atoms with E-state index in [9.17, 15) is 14.0 Å². The van der Waals surface area contributed by atoms with Gasteiger partial charge in [0.2, 0.25) is 5.91 Å². The Labute approximate surface area is 182 Å². The van der Waals surface area contributed by atoms with Crippen LogP contribution >= 0.6 is 34.8 Å². The summed E-state index contributed by atoms with van der Waals surface area (Å²) < 4.78 is 13.7. The molecule has 1 aromatic heterocycles. The van der Waals surface area contributed by atoms with E-state index in [2.05, 4.69) is 4.98 Å². The summed E-state index contributed by atoms with van der Waals surface area (Å²) in [5, 5.41) is 0.0283. The lowest BCUT2D eigenvalue weighted by atomic mass is 10.0. The Bertz CT molecular complexity index is 936. The van der Waals surface area contributed by atoms with Gasteiger partial charge in [0.05, 0.1) is 22.8 Å². The van der Waals surface area contributed by atoms with Crippen LogP contribution in [0.3, 0.4) is 0 Å². The Hall–Kier alpha value is -1.93. The summed E-state index contributed by atoms with van der Waals surface area (Å²) in [5.41, 5.74) is 6.70. The first-order valence-electron chi connectivity index (χ1n) is 8.86. The van der Waals surface area contributed by atoms with Crippen LogP contribution in [0.15, 0.2) is 30.5 Å². The molecule has 0 saturated carbocycles. The Morgan fingerprint density at radius 2 is 1.72 bits per heavy atom. The van der Waals surface area contributed by atoms with Gasteiger partial charge < -0.3 is 15.5 Å². The average molecular weight is 460 g/mol. The first-order chi connectivity index (χ1) is 13.8. The number of hydrogen-bond acceptors (Lipinski definition) is 4. The molecule has 1 saturated heterocycles. The van der Waals surface area contributed by atoms with Crippen molar-refractivity contribution in [2.24, 2.45) is 5.73 Å². The Kier molecular flexibility index (Phi) is 6.95. The molecule has 2 N–H and O–H groups in total. The van der Waals surface area contributed by atoms with E-state index in [1.54, 1.807) is 11.0 Å². The second kappa shape index (κ2) is 9.26. The van der Waals surface area contributed by atoms with Crippen molar-refractivity contribution >= 4 is 46.6 Å². The molecule has 6 nitrogen and oxygen atoms in total. The van der Waals surface area contributed by atoms with Crippen LogP contribution in [-0.4, -0.2) is 58.8 Å². The number of pyridine rings is 1. The number of halogens is 4. The molecule has 0 radical (unpaired) electrons. The molecule has 2 aromatic rings. The number of carbonyl (C=O) groups is 2. The maximum absolute atomic E-state index is 13.7. The highest BCUT2D eigenvalue weighted by Crippen LogP contribution is 2.27. The minimum atomic E-state index is -0.821. The van der Waals surface area contributed by atoms with Gasteiger partial charge in [-0.3, -0.25) is 9.59 Å². The normalized spacial score (nSPS) is 15.3. The second-order valence-electron chi connectivity index (χ2n) is 6.61. The highest BCUT2D eigenvalue weighted by atomic mass is 35.5.